The fourth-order valence-corrected chi connectivity index (χ4v) is 2.67. The number of ether oxygens (including phenoxy) is 1. The van der Waals surface area contributed by atoms with Gasteiger partial charge in [0, 0.05) is 15.6 Å². The quantitative estimate of drug-likeness (QED) is 0.854. The Morgan fingerprint density at radius 1 is 1.45 bits per heavy atom. The number of halogens is 1. The van der Waals surface area contributed by atoms with Crippen LogP contribution in [0.1, 0.15) is 27.9 Å². The van der Waals surface area contributed by atoms with Crippen molar-refractivity contribution in [2.75, 3.05) is 11.9 Å². The third-order valence-corrected chi connectivity index (χ3v) is 3.83. The van der Waals surface area contributed by atoms with Crippen molar-refractivity contribution in [2.24, 2.45) is 0 Å². The summed E-state index contributed by atoms with van der Waals surface area (Å²) >= 11 is 7.39. The first kappa shape index (κ1) is 14.8. The number of esters is 1. The molecule has 1 heterocycles. The van der Waals surface area contributed by atoms with Crippen LogP contribution in [0.25, 0.3) is 0 Å². The van der Waals surface area contributed by atoms with Crippen molar-refractivity contribution in [1.29, 1.82) is 0 Å². The molecule has 0 amide bonds. The number of rotatable bonds is 4. The lowest BCUT2D eigenvalue weighted by molar-refractivity contribution is 0.0519. The first-order chi connectivity index (χ1) is 9.51. The van der Waals surface area contributed by atoms with Crippen molar-refractivity contribution in [3.63, 3.8) is 0 Å². The second-order valence-electron chi connectivity index (χ2n) is 4.23. The Kier molecular flexibility index (Phi) is 4.62. The van der Waals surface area contributed by atoms with Gasteiger partial charge in [-0.3, -0.25) is 0 Å². The van der Waals surface area contributed by atoms with Crippen molar-refractivity contribution in [2.45, 2.75) is 20.8 Å². The zero-order valence-corrected chi connectivity index (χ0v) is 13.1. The molecule has 0 saturated carbocycles. The van der Waals surface area contributed by atoms with Gasteiger partial charge in [-0.05, 0) is 38.5 Å². The lowest BCUT2D eigenvalue weighted by Crippen LogP contribution is -2.06. The molecule has 4 nitrogen and oxygen atoms in total. The Bertz CT molecular complexity index is 640. The number of benzene rings is 1. The minimum Gasteiger partial charge on any atom is -0.461 e. The van der Waals surface area contributed by atoms with Crippen LogP contribution in [-0.2, 0) is 4.74 Å². The topological polar surface area (TPSA) is 51.2 Å². The van der Waals surface area contributed by atoms with Gasteiger partial charge in [-0.25, -0.2) is 9.78 Å². The molecule has 1 aromatic carbocycles. The van der Waals surface area contributed by atoms with E-state index in [0.29, 0.717) is 22.5 Å². The summed E-state index contributed by atoms with van der Waals surface area (Å²) in [5.74, 6) is -0.392. The van der Waals surface area contributed by atoms with Crippen LogP contribution < -0.4 is 5.32 Å². The molecule has 0 fully saturated rings. The molecule has 0 atom stereocenters. The first-order valence-corrected chi connectivity index (χ1v) is 7.38. The highest BCUT2D eigenvalue weighted by Gasteiger charge is 2.16. The molecule has 1 N–H and O–H groups in total. The normalized spacial score (nSPS) is 10.4. The molecule has 0 aliphatic rings. The van der Waals surface area contributed by atoms with Crippen LogP contribution in [0.2, 0.25) is 5.02 Å². The second kappa shape index (κ2) is 6.24. The van der Waals surface area contributed by atoms with Gasteiger partial charge in [-0.15, -0.1) is 11.3 Å². The van der Waals surface area contributed by atoms with Gasteiger partial charge < -0.3 is 10.1 Å². The summed E-state index contributed by atoms with van der Waals surface area (Å²) in [4.78, 5) is 16.8. The van der Waals surface area contributed by atoms with Crippen molar-refractivity contribution in [3.05, 3.63) is 39.4 Å². The van der Waals surface area contributed by atoms with Crippen LogP contribution in [0.4, 0.5) is 10.8 Å². The van der Waals surface area contributed by atoms with E-state index < -0.39 is 5.97 Å². The van der Waals surface area contributed by atoms with E-state index in [1.165, 1.54) is 11.3 Å². The highest BCUT2D eigenvalue weighted by molar-refractivity contribution is 7.15. The van der Waals surface area contributed by atoms with Gasteiger partial charge >= 0.3 is 5.97 Å². The highest BCUT2D eigenvalue weighted by atomic mass is 35.5. The van der Waals surface area contributed by atoms with Gasteiger partial charge in [-0.1, -0.05) is 17.7 Å². The molecule has 0 aliphatic heterocycles. The Hall–Kier alpha value is -1.59. The van der Waals surface area contributed by atoms with E-state index in [-0.39, 0.29) is 0 Å². The summed E-state index contributed by atoms with van der Waals surface area (Å²) in [6.07, 6.45) is 0. The summed E-state index contributed by atoms with van der Waals surface area (Å²) in [5, 5.41) is 4.49. The third kappa shape index (κ3) is 3.29. The van der Waals surface area contributed by atoms with E-state index in [2.05, 4.69) is 10.3 Å². The number of nitrogens with zero attached hydrogens (tertiary/aromatic N) is 1. The predicted octanol–water partition coefficient (Wildman–Crippen LogP) is 4.33. The van der Waals surface area contributed by atoms with Gasteiger partial charge in [0.1, 0.15) is 0 Å². The number of carbonyl (C=O) groups excluding carboxylic acids is 1. The van der Waals surface area contributed by atoms with Crippen molar-refractivity contribution < 1.29 is 9.53 Å². The van der Waals surface area contributed by atoms with Crippen LogP contribution in [0.5, 0.6) is 0 Å². The smallest absolute Gasteiger partial charge is 0.358 e. The molecule has 20 heavy (non-hydrogen) atoms. The SMILES string of the molecule is CCOC(=O)c1nc(Nc2cc(Cl)ccc2C)sc1C. The number of anilines is 2. The van der Waals surface area contributed by atoms with Gasteiger partial charge in [0.2, 0.25) is 0 Å². The molecule has 0 spiro atoms. The van der Waals surface area contributed by atoms with E-state index in [9.17, 15) is 4.79 Å². The maximum absolute atomic E-state index is 11.7. The number of thiazole rings is 1. The van der Waals surface area contributed by atoms with Crippen LogP contribution in [-0.4, -0.2) is 17.6 Å². The van der Waals surface area contributed by atoms with E-state index >= 15 is 0 Å². The number of hydrogen-bond acceptors (Lipinski definition) is 5. The van der Waals surface area contributed by atoms with E-state index in [1.807, 2.05) is 32.0 Å². The number of carbonyl (C=O) groups is 1. The molecule has 2 aromatic rings. The monoisotopic (exact) mass is 310 g/mol. The van der Waals surface area contributed by atoms with Crippen LogP contribution in [0.15, 0.2) is 18.2 Å². The molecule has 0 saturated heterocycles. The van der Waals surface area contributed by atoms with Crippen molar-refractivity contribution in [3.8, 4) is 0 Å². The predicted molar refractivity (Wildman–Crippen MR) is 82.3 cm³/mol. The molecule has 0 aliphatic carbocycles. The molecule has 0 bridgehead atoms. The summed E-state index contributed by atoms with van der Waals surface area (Å²) in [6.45, 7) is 5.94. The fraction of sp³-hybridized carbons (Fsp3) is 0.286. The second-order valence-corrected chi connectivity index (χ2v) is 5.87. The highest BCUT2D eigenvalue weighted by Crippen LogP contribution is 2.28. The largest absolute Gasteiger partial charge is 0.461 e. The van der Waals surface area contributed by atoms with Crippen molar-refractivity contribution in [1.82, 2.24) is 4.98 Å². The van der Waals surface area contributed by atoms with Gasteiger partial charge in [-0.2, -0.15) is 0 Å². The molecule has 1 aromatic heterocycles. The van der Waals surface area contributed by atoms with Crippen LogP contribution in [0.3, 0.4) is 0 Å². The number of aryl methyl sites for hydroxylation is 2. The van der Waals surface area contributed by atoms with Crippen LogP contribution in [0, 0.1) is 13.8 Å². The average molecular weight is 311 g/mol. The van der Waals surface area contributed by atoms with Gasteiger partial charge in [0.25, 0.3) is 0 Å². The zero-order valence-electron chi connectivity index (χ0n) is 11.5. The van der Waals surface area contributed by atoms with Gasteiger partial charge in [0.15, 0.2) is 10.8 Å². The van der Waals surface area contributed by atoms with Crippen molar-refractivity contribution >= 4 is 39.7 Å². The maximum Gasteiger partial charge on any atom is 0.358 e. The standard InChI is InChI=1S/C14H15ClN2O2S/c1-4-19-13(18)12-9(3)20-14(17-12)16-11-7-10(15)6-5-8(11)2/h5-7H,4H2,1-3H3,(H,16,17). The molecular formula is C14H15ClN2O2S. The molecule has 0 radical (unpaired) electrons. The zero-order chi connectivity index (χ0) is 14.7. The van der Waals surface area contributed by atoms with E-state index in [0.717, 1.165) is 16.1 Å². The van der Waals surface area contributed by atoms with Gasteiger partial charge in [0.05, 0.1) is 6.61 Å². The number of hydrogen-bond donors (Lipinski definition) is 1. The minimum absolute atomic E-state index is 0.339. The summed E-state index contributed by atoms with van der Waals surface area (Å²) in [7, 11) is 0. The lowest BCUT2D eigenvalue weighted by atomic mass is 10.2. The van der Waals surface area contributed by atoms with E-state index in [1.54, 1.807) is 6.92 Å². The number of nitrogens with one attached hydrogen (secondary N) is 1. The minimum atomic E-state index is -0.392. The number of aromatic nitrogens is 1. The Balaban J connectivity index is 2.24. The first-order valence-electron chi connectivity index (χ1n) is 6.19. The average Bonchev–Trinajstić information content (AvgIpc) is 2.75. The Morgan fingerprint density at radius 2 is 2.20 bits per heavy atom. The summed E-state index contributed by atoms with van der Waals surface area (Å²) in [6, 6.07) is 5.59. The Morgan fingerprint density at radius 3 is 2.90 bits per heavy atom. The fourth-order valence-electron chi connectivity index (χ4n) is 1.68. The van der Waals surface area contributed by atoms with E-state index in [4.69, 9.17) is 16.3 Å². The molecule has 6 heteroatoms. The summed E-state index contributed by atoms with van der Waals surface area (Å²) in [5.41, 5.74) is 2.29. The molecule has 106 valence electrons. The molecule has 0 unspecified atom stereocenters. The van der Waals surface area contributed by atoms with Crippen LogP contribution >= 0.6 is 22.9 Å². The third-order valence-electron chi connectivity index (χ3n) is 2.71. The lowest BCUT2D eigenvalue weighted by Gasteiger charge is -2.06. The molecule has 2 rings (SSSR count). The molecular weight excluding hydrogens is 296 g/mol. The maximum atomic E-state index is 11.7. The summed E-state index contributed by atoms with van der Waals surface area (Å²) < 4.78 is 4.97. The Labute approximate surface area is 126 Å².